The summed E-state index contributed by atoms with van der Waals surface area (Å²) in [7, 11) is 0. The number of hydrogen-bond donors (Lipinski definition) is 3. The van der Waals surface area contributed by atoms with Gasteiger partial charge < -0.3 is 15.8 Å². The van der Waals surface area contributed by atoms with Gasteiger partial charge in [0.25, 0.3) is 5.91 Å². The van der Waals surface area contributed by atoms with Crippen LogP contribution < -0.4 is 15.4 Å². The molecule has 0 radical (unpaired) electrons. The number of fused-ring (bicyclic) bond motifs is 1. The quantitative estimate of drug-likeness (QED) is 0.320. The van der Waals surface area contributed by atoms with E-state index in [1.807, 2.05) is 0 Å². The Morgan fingerprint density at radius 2 is 1.97 bits per heavy atom. The average Bonchev–Trinajstić information content (AvgIpc) is 3.17. The summed E-state index contributed by atoms with van der Waals surface area (Å²) in [5, 5.41) is 23.9. The van der Waals surface area contributed by atoms with Gasteiger partial charge >= 0.3 is 0 Å². The summed E-state index contributed by atoms with van der Waals surface area (Å²) in [6, 6.07) is 7.59. The number of halogens is 2. The van der Waals surface area contributed by atoms with Gasteiger partial charge in [0.05, 0.1) is 5.02 Å². The molecule has 0 atom stereocenters. The van der Waals surface area contributed by atoms with Crippen LogP contribution in [0.15, 0.2) is 49.1 Å². The van der Waals surface area contributed by atoms with Crippen LogP contribution in [0.1, 0.15) is 21.6 Å². The van der Waals surface area contributed by atoms with E-state index in [9.17, 15) is 14.4 Å². The van der Waals surface area contributed by atoms with Crippen LogP contribution in [0.5, 0.6) is 0 Å². The predicted molar refractivity (Wildman–Crippen MR) is 107 cm³/mol. The van der Waals surface area contributed by atoms with E-state index in [2.05, 4.69) is 30.8 Å². The Labute approximate surface area is 174 Å². The van der Waals surface area contributed by atoms with Crippen molar-refractivity contribution >= 4 is 34.4 Å². The Morgan fingerprint density at radius 3 is 2.73 bits per heavy atom. The molecule has 3 heterocycles. The lowest BCUT2D eigenvalue weighted by Gasteiger charge is -2.06. The largest absolute Gasteiger partial charge is 0.619 e. The van der Waals surface area contributed by atoms with Gasteiger partial charge in [0.1, 0.15) is 23.2 Å². The molecule has 0 spiro atoms. The summed E-state index contributed by atoms with van der Waals surface area (Å²) in [5.41, 5.74) is 2.48. The number of nitrogens with one attached hydrogen (secondary N) is 3. The fourth-order valence-corrected chi connectivity index (χ4v) is 3.00. The summed E-state index contributed by atoms with van der Waals surface area (Å²) in [6.07, 6.45) is 4.08. The molecule has 0 aliphatic rings. The van der Waals surface area contributed by atoms with E-state index >= 15 is 0 Å². The van der Waals surface area contributed by atoms with Crippen LogP contribution in [0.25, 0.3) is 11.0 Å². The Hall–Kier alpha value is -3.79. The first-order valence-corrected chi connectivity index (χ1v) is 9.22. The van der Waals surface area contributed by atoms with Crippen molar-refractivity contribution in [3.8, 4) is 0 Å². The molecule has 0 bridgehead atoms. The third-order valence-corrected chi connectivity index (χ3v) is 4.62. The lowest BCUT2D eigenvalue weighted by molar-refractivity contribution is -0.605. The van der Waals surface area contributed by atoms with E-state index < -0.39 is 11.7 Å². The standard InChI is InChI=1S/C19H15ClFN7O2/c20-13-7-12(1-2-14(13)21)9-23-19(29)17-15-16(24-10-25-17)18(27-26-15)22-8-11-3-5-28(30)6-4-11/h1-7,10H,8-9H2,(H,23,29)(H2,22,26,27). The first-order valence-electron chi connectivity index (χ1n) is 8.84. The van der Waals surface area contributed by atoms with Crippen molar-refractivity contribution in [3.63, 3.8) is 0 Å². The number of carbonyl (C=O) groups is 1. The van der Waals surface area contributed by atoms with Crippen LogP contribution in [0.2, 0.25) is 5.02 Å². The minimum Gasteiger partial charge on any atom is -0.619 e. The molecule has 4 aromatic rings. The molecule has 0 fully saturated rings. The van der Waals surface area contributed by atoms with Gasteiger partial charge in [-0.05, 0) is 23.3 Å². The zero-order valence-electron chi connectivity index (χ0n) is 15.4. The molecule has 4 rings (SSSR count). The normalized spacial score (nSPS) is 10.9. The van der Waals surface area contributed by atoms with Crippen molar-refractivity contribution in [2.45, 2.75) is 13.1 Å². The number of amides is 1. The zero-order chi connectivity index (χ0) is 21.1. The molecule has 152 valence electrons. The summed E-state index contributed by atoms with van der Waals surface area (Å²) >= 11 is 5.76. The molecule has 11 heteroatoms. The SMILES string of the molecule is O=C(NCc1ccc(F)c(Cl)c1)c1ncnc2c(NCc3cc[n+]([O-])cc3)n[nH]c12. The van der Waals surface area contributed by atoms with Crippen molar-refractivity contribution in [2.24, 2.45) is 0 Å². The molecule has 30 heavy (non-hydrogen) atoms. The first kappa shape index (κ1) is 19.5. The molecule has 0 aliphatic carbocycles. The van der Waals surface area contributed by atoms with Gasteiger partial charge in [-0.2, -0.15) is 9.83 Å². The van der Waals surface area contributed by atoms with Gasteiger partial charge in [0.2, 0.25) is 0 Å². The van der Waals surface area contributed by atoms with Gasteiger partial charge in [-0.1, -0.05) is 17.7 Å². The first-order chi connectivity index (χ1) is 14.5. The second-order valence-electron chi connectivity index (χ2n) is 6.37. The molecule has 0 saturated carbocycles. The van der Waals surface area contributed by atoms with Crippen LogP contribution in [0.4, 0.5) is 10.2 Å². The Balaban J connectivity index is 1.48. The molecule has 0 aliphatic heterocycles. The Kier molecular flexibility index (Phi) is 5.40. The number of carbonyl (C=O) groups excluding carboxylic acids is 1. The molecule has 1 aromatic carbocycles. The van der Waals surface area contributed by atoms with E-state index in [0.717, 1.165) is 5.56 Å². The van der Waals surface area contributed by atoms with Gasteiger partial charge in [0.15, 0.2) is 23.9 Å². The van der Waals surface area contributed by atoms with Crippen molar-refractivity contribution in [1.29, 1.82) is 0 Å². The molecule has 0 unspecified atom stereocenters. The lowest BCUT2D eigenvalue weighted by atomic mass is 10.2. The summed E-state index contributed by atoms with van der Waals surface area (Å²) in [5.74, 6) is -0.517. The number of rotatable bonds is 6. The number of aromatic amines is 1. The fraction of sp³-hybridized carbons (Fsp3) is 0.105. The van der Waals surface area contributed by atoms with Gasteiger partial charge in [-0.3, -0.25) is 9.89 Å². The highest BCUT2D eigenvalue weighted by Gasteiger charge is 2.17. The highest BCUT2D eigenvalue weighted by molar-refractivity contribution is 6.30. The van der Waals surface area contributed by atoms with Gasteiger partial charge in [-0.25, -0.2) is 14.4 Å². The Morgan fingerprint density at radius 1 is 1.17 bits per heavy atom. The van der Waals surface area contributed by atoms with Crippen molar-refractivity contribution in [3.05, 3.63) is 81.9 Å². The number of benzene rings is 1. The molecular formula is C19H15ClFN7O2. The monoisotopic (exact) mass is 427 g/mol. The lowest BCUT2D eigenvalue weighted by Crippen LogP contribution is -2.24. The number of nitrogens with zero attached hydrogens (tertiary/aromatic N) is 4. The highest BCUT2D eigenvalue weighted by Crippen LogP contribution is 2.20. The van der Waals surface area contributed by atoms with Crippen LogP contribution in [0, 0.1) is 11.0 Å². The summed E-state index contributed by atoms with van der Waals surface area (Å²) in [4.78, 5) is 20.8. The summed E-state index contributed by atoms with van der Waals surface area (Å²) in [6.45, 7) is 0.564. The number of H-pyrrole nitrogens is 1. The Bertz CT molecular complexity index is 1210. The van der Waals surface area contributed by atoms with Crippen molar-refractivity contribution in [2.75, 3.05) is 5.32 Å². The maximum absolute atomic E-state index is 13.3. The van der Waals surface area contributed by atoms with Crippen LogP contribution >= 0.6 is 11.6 Å². The molecule has 0 saturated heterocycles. The molecule has 9 nitrogen and oxygen atoms in total. The molecule has 1 amide bonds. The second kappa shape index (κ2) is 8.29. The predicted octanol–water partition coefficient (Wildman–Crippen LogP) is 2.32. The van der Waals surface area contributed by atoms with E-state index in [1.54, 1.807) is 12.1 Å². The highest BCUT2D eigenvalue weighted by atomic mass is 35.5. The minimum atomic E-state index is -0.524. The third-order valence-electron chi connectivity index (χ3n) is 4.33. The van der Waals surface area contributed by atoms with E-state index in [-0.39, 0.29) is 17.3 Å². The fourth-order valence-electron chi connectivity index (χ4n) is 2.79. The van der Waals surface area contributed by atoms with E-state index in [1.165, 1.54) is 36.9 Å². The van der Waals surface area contributed by atoms with Crippen molar-refractivity contribution in [1.82, 2.24) is 25.5 Å². The number of anilines is 1. The smallest absolute Gasteiger partial charge is 0.272 e. The second-order valence-corrected chi connectivity index (χ2v) is 6.78. The number of pyridine rings is 1. The molecule has 3 N–H and O–H groups in total. The van der Waals surface area contributed by atoms with Gasteiger partial charge in [0, 0.05) is 25.2 Å². The molecule has 3 aromatic heterocycles. The van der Waals surface area contributed by atoms with Gasteiger partial charge in [-0.15, -0.1) is 0 Å². The maximum atomic E-state index is 13.3. The molecular weight excluding hydrogens is 413 g/mol. The topological polar surface area (TPSA) is 123 Å². The zero-order valence-corrected chi connectivity index (χ0v) is 16.2. The van der Waals surface area contributed by atoms with Crippen LogP contribution in [-0.2, 0) is 13.1 Å². The number of hydrogen-bond acceptors (Lipinski definition) is 6. The maximum Gasteiger partial charge on any atom is 0.272 e. The van der Waals surface area contributed by atoms with Crippen LogP contribution in [0.3, 0.4) is 0 Å². The van der Waals surface area contributed by atoms with E-state index in [4.69, 9.17) is 11.6 Å². The van der Waals surface area contributed by atoms with Crippen LogP contribution in [-0.4, -0.2) is 26.1 Å². The third kappa shape index (κ3) is 4.13. The minimum absolute atomic E-state index is 0.0149. The van der Waals surface area contributed by atoms with E-state index in [0.29, 0.717) is 33.7 Å². The summed E-state index contributed by atoms with van der Waals surface area (Å²) < 4.78 is 14.0. The van der Waals surface area contributed by atoms with Crippen molar-refractivity contribution < 1.29 is 13.9 Å². The number of aromatic nitrogens is 5. The average molecular weight is 428 g/mol.